The van der Waals surface area contributed by atoms with Gasteiger partial charge in [-0.15, -0.1) is 11.3 Å². The van der Waals surface area contributed by atoms with Crippen molar-refractivity contribution in [2.24, 2.45) is 7.05 Å². The van der Waals surface area contributed by atoms with Gasteiger partial charge in [-0.2, -0.15) is 5.10 Å². The van der Waals surface area contributed by atoms with Gasteiger partial charge >= 0.3 is 0 Å². The predicted molar refractivity (Wildman–Crippen MR) is 85.1 cm³/mol. The molecule has 20 heavy (non-hydrogen) atoms. The smallest absolute Gasteiger partial charge is 0.127 e. The third kappa shape index (κ3) is 3.10. The molecule has 0 radical (unpaired) electrons. The summed E-state index contributed by atoms with van der Waals surface area (Å²) in [6, 6.07) is 0.364. The second-order valence-electron chi connectivity index (χ2n) is 5.16. The molecule has 0 aliphatic carbocycles. The summed E-state index contributed by atoms with van der Waals surface area (Å²) in [5.74, 6) is 0. The summed E-state index contributed by atoms with van der Waals surface area (Å²) in [6.07, 6.45) is 4.16. The Bertz CT molecular complexity index is 570. The Morgan fingerprint density at radius 1 is 1.40 bits per heavy atom. The molecule has 0 amide bonds. The lowest BCUT2D eigenvalue weighted by Crippen LogP contribution is -2.18. The quantitative estimate of drug-likeness (QED) is 0.886. The van der Waals surface area contributed by atoms with Gasteiger partial charge in [-0.05, 0) is 33.2 Å². The Hall–Kier alpha value is -1.20. The molecule has 0 aromatic carbocycles. The van der Waals surface area contributed by atoms with Gasteiger partial charge in [-0.3, -0.25) is 4.68 Å². The highest BCUT2D eigenvalue weighted by molar-refractivity contribution is 7.15. The zero-order chi connectivity index (χ0) is 14.7. The van der Waals surface area contributed by atoms with E-state index >= 15 is 0 Å². The minimum absolute atomic E-state index is 0.364. The van der Waals surface area contributed by atoms with Crippen molar-refractivity contribution in [3.63, 3.8) is 0 Å². The van der Waals surface area contributed by atoms with Crippen LogP contribution < -0.4 is 5.32 Å². The first kappa shape index (κ1) is 15.2. The van der Waals surface area contributed by atoms with Crippen LogP contribution in [0.3, 0.4) is 0 Å². The van der Waals surface area contributed by atoms with Gasteiger partial charge in [0.2, 0.25) is 0 Å². The van der Waals surface area contributed by atoms with Crippen molar-refractivity contribution in [3.05, 3.63) is 22.5 Å². The van der Waals surface area contributed by atoms with Crippen LogP contribution >= 0.6 is 11.3 Å². The van der Waals surface area contributed by atoms with Crippen molar-refractivity contribution >= 4 is 11.3 Å². The van der Waals surface area contributed by atoms with Crippen LogP contribution in [0.2, 0.25) is 0 Å². The van der Waals surface area contributed by atoms with E-state index in [1.54, 1.807) is 11.3 Å². The zero-order valence-corrected chi connectivity index (χ0v) is 13.8. The summed E-state index contributed by atoms with van der Waals surface area (Å²) >= 11 is 1.79. The van der Waals surface area contributed by atoms with Crippen LogP contribution in [0.15, 0.2) is 6.20 Å². The van der Waals surface area contributed by atoms with E-state index in [2.05, 4.69) is 44.3 Å². The first-order valence-corrected chi connectivity index (χ1v) is 8.12. The number of hydrogen-bond donors (Lipinski definition) is 1. The van der Waals surface area contributed by atoms with E-state index in [0.29, 0.717) is 6.04 Å². The third-order valence-electron chi connectivity index (χ3n) is 3.40. The van der Waals surface area contributed by atoms with E-state index < -0.39 is 0 Å². The Labute approximate surface area is 125 Å². The fraction of sp³-hybridized carbons (Fsp3) is 0.600. The predicted octanol–water partition coefficient (Wildman–Crippen LogP) is 3.48. The topological polar surface area (TPSA) is 42.7 Å². The monoisotopic (exact) mass is 292 g/mol. The highest BCUT2D eigenvalue weighted by Crippen LogP contribution is 2.33. The molecule has 1 atom stereocenters. The first-order valence-electron chi connectivity index (χ1n) is 7.30. The Balaban J connectivity index is 2.30. The molecule has 2 aromatic rings. The van der Waals surface area contributed by atoms with Crippen molar-refractivity contribution in [3.8, 4) is 10.6 Å². The van der Waals surface area contributed by atoms with E-state index in [-0.39, 0.29) is 0 Å². The van der Waals surface area contributed by atoms with Crippen LogP contribution in [-0.4, -0.2) is 21.3 Å². The summed E-state index contributed by atoms with van der Waals surface area (Å²) in [7, 11) is 1.97. The molecule has 4 nitrogen and oxygen atoms in total. The Morgan fingerprint density at radius 3 is 2.80 bits per heavy atom. The maximum atomic E-state index is 4.76. The van der Waals surface area contributed by atoms with E-state index in [4.69, 9.17) is 4.98 Å². The molecule has 0 bridgehead atoms. The van der Waals surface area contributed by atoms with Gasteiger partial charge in [-0.1, -0.05) is 13.8 Å². The third-order valence-corrected chi connectivity index (χ3v) is 4.77. The van der Waals surface area contributed by atoms with E-state index in [1.807, 2.05) is 11.7 Å². The summed E-state index contributed by atoms with van der Waals surface area (Å²) in [4.78, 5) is 6.09. The molecular weight excluding hydrogens is 268 g/mol. The largest absolute Gasteiger partial charge is 0.309 e. The molecule has 1 unspecified atom stereocenters. The standard InChI is InChI=1S/C15H24N4S/c1-6-8-16-10(3)14-11(4)17-15(20-14)12-9-19(5)18-13(12)7-2/h9-10,16H,6-8H2,1-5H3. The Kier molecular flexibility index (Phi) is 4.94. The number of thiazole rings is 1. The maximum Gasteiger partial charge on any atom is 0.127 e. The van der Waals surface area contributed by atoms with Gasteiger partial charge in [-0.25, -0.2) is 4.98 Å². The van der Waals surface area contributed by atoms with Crippen LogP contribution in [0.1, 0.15) is 49.5 Å². The minimum atomic E-state index is 0.364. The lowest BCUT2D eigenvalue weighted by Gasteiger charge is -2.11. The molecule has 2 rings (SSSR count). The molecular formula is C15H24N4S. The van der Waals surface area contributed by atoms with Crippen molar-refractivity contribution in [1.82, 2.24) is 20.1 Å². The second kappa shape index (κ2) is 6.50. The average molecular weight is 292 g/mol. The maximum absolute atomic E-state index is 4.76. The molecule has 0 fully saturated rings. The second-order valence-corrected chi connectivity index (χ2v) is 6.19. The molecule has 5 heteroatoms. The molecule has 0 saturated carbocycles. The van der Waals surface area contributed by atoms with Gasteiger partial charge in [0.05, 0.1) is 17.0 Å². The summed E-state index contributed by atoms with van der Waals surface area (Å²) in [5.41, 5.74) is 3.44. The number of rotatable bonds is 6. The van der Waals surface area contributed by atoms with Crippen molar-refractivity contribution in [2.45, 2.75) is 46.6 Å². The number of aromatic nitrogens is 3. The van der Waals surface area contributed by atoms with Gasteiger partial charge in [0.15, 0.2) is 0 Å². The lowest BCUT2D eigenvalue weighted by atomic mass is 10.2. The van der Waals surface area contributed by atoms with Crippen LogP contribution in [-0.2, 0) is 13.5 Å². The summed E-state index contributed by atoms with van der Waals surface area (Å²) in [6.45, 7) is 9.68. The fourth-order valence-corrected chi connectivity index (χ4v) is 3.48. The van der Waals surface area contributed by atoms with Crippen LogP contribution in [0, 0.1) is 6.92 Å². The van der Waals surface area contributed by atoms with Crippen molar-refractivity contribution < 1.29 is 0 Å². The average Bonchev–Trinajstić information content (AvgIpc) is 2.98. The molecule has 0 aliphatic rings. The number of hydrogen-bond acceptors (Lipinski definition) is 4. The SMILES string of the molecule is CCCNC(C)c1sc(-c2cn(C)nc2CC)nc1C. The molecule has 2 heterocycles. The molecule has 0 spiro atoms. The van der Waals surface area contributed by atoms with Crippen molar-refractivity contribution in [1.29, 1.82) is 0 Å². The molecule has 110 valence electrons. The van der Waals surface area contributed by atoms with Gasteiger partial charge in [0.1, 0.15) is 5.01 Å². The van der Waals surface area contributed by atoms with E-state index in [1.165, 1.54) is 10.4 Å². The van der Waals surface area contributed by atoms with Crippen molar-refractivity contribution in [2.75, 3.05) is 6.54 Å². The molecule has 0 aliphatic heterocycles. The van der Waals surface area contributed by atoms with Crippen LogP contribution in [0.4, 0.5) is 0 Å². The number of nitrogens with one attached hydrogen (secondary N) is 1. The van der Waals surface area contributed by atoms with Crippen LogP contribution in [0.5, 0.6) is 0 Å². The van der Waals surface area contributed by atoms with E-state index in [9.17, 15) is 0 Å². The highest BCUT2D eigenvalue weighted by atomic mass is 32.1. The van der Waals surface area contributed by atoms with Gasteiger partial charge < -0.3 is 5.32 Å². The van der Waals surface area contributed by atoms with Gasteiger partial charge in [0.25, 0.3) is 0 Å². The number of aryl methyl sites for hydroxylation is 3. The molecule has 1 N–H and O–H groups in total. The normalized spacial score (nSPS) is 12.8. The first-order chi connectivity index (χ1) is 9.56. The fourth-order valence-electron chi connectivity index (χ4n) is 2.35. The van der Waals surface area contributed by atoms with E-state index in [0.717, 1.165) is 35.8 Å². The minimum Gasteiger partial charge on any atom is -0.309 e. The highest BCUT2D eigenvalue weighted by Gasteiger charge is 2.17. The molecule has 2 aromatic heterocycles. The summed E-state index contributed by atoms with van der Waals surface area (Å²) in [5, 5.41) is 9.13. The molecule has 0 saturated heterocycles. The lowest BCUT2D eigenvalue weighted by molar-refractivity contribution is 0.575. The summed E-state index contributed by atoms with van der Waals surface area (Å²) < 4.78 is 1.88. The van der Waals surface area contributed by atoms with Gasteiger partial charge in [0, 0.05) is 24.2 Å². The van der Waals surface area contributed by atoms with Crippen LogP contribution in [0.25, 0.3) is 10.6 Å². The Morgan fingerprint density at radius 2 is 2.15 bits per heavy atom. The number of nitrogens with zero attached hydrogens (tertiary/aromatic N) is 3. The zero-order valence-electron chi connectivity index (χ0n) is 13.0.